The van der Waals surface area contributed by atoms with E-state index >= 15 is 0 Å². The molecule has 0 atom stereocenters. The fourth-order valence-electron chi connectivity index (χ4n) is 2.96. The molecule has 0 amide bonds. The van der Waals surface area contributed by atoms with Crippen molar-refractivity contribution < 1.29 is 4.57 Å². The van der Waals surface area contributed by atoms with E-state index in [9.17, 15) is 4.79 Å². The average Bonchev–Trinajstić information content (AvgIpc) is 2.92. The molecule has 0 N–H and O–H groups in total. The molecule has 0 saturated heterocycles. The van der Waals surface area contributed by atoms with Crippen LogP contribution in [-0.4, -0.2) is 4.57 Å². The van der Waals surface area contributed by atoms with E-state index in [-0.39, 0.29) is 5.43 Å². The van der Waals surface area contributed by atoms with Crippen LogP contribution in [0.15, 0.2) is 41.7 Å². The van der Waals surface area contributed by atoms with E-state index in [1.54, 1.807) is 11.3 Å². The molecule has 4 rings (SSSR count). The molecule has 0 unspecified atom stereocenters. The second-order valence-electron chi connectivity index (χ2n) is 5.78. The van der Waals surface area contributed by atoms with Crippen molar-refractivity contribution in [1.82, 2.24) is 4.57 Å². The molecular formula is C18H17N2OS+. The first-order chi connectivity index (χ1) is 10.7. The van der Waals surface area contributed by atoms with Gasteiger partial charge in [-0.1, -0.05) is 18.2 Å². The van der Waals surface area contributed by atoms with Gasteiger partial charge in [0.2, 0.25) is 6.33 Å². The summed E-state index contributed by atoms with van der Waals surface area (Å²) in [4.78, 5) is 12.6. The zero-order valence-corrected chi connectivity index (χ0v) is 13.3. The number of benzene rings is 1. The van der Waals surface area contributed by atoms with Crippen LogP contribution in [0.5, 0.6) is 0 Å². The minimum absolute atomic E-state index is 0.179. The number of hydrogen-bond acceptors (Lipinski definition) is 2. The number of hydrogen-bond donors (Lipinski definition) is 0. The van der Waals surface area contributed by atoms with E-state index in [0.717, 1.165) is 39.2 Å². The standard InChI is InChI=1S/C18H17N2OS/c1-19-8-9-20(12-19)11-13-6-7-15-17(10-13)22-16-5-3-2-4-14(16)18(15)21/h4-10,12H,2-3,11H2,1H3/q+1. The van der Waals surface area contributed by atoms with Crippen LogP contribution >= 0.6 is 11.3 Å². The molecule has 0 saturated carbocycles. The van der Waals surface area contributed by atoms with Crippen LogP contribution in [0, 0.1) is 0 Å². The Morgan fingerprint density at radius 3 is 2.95 bits per heavy atom. The number of fused-ring (bicyclic) bond motifs is 2. The third kappa shape index (κ3) is 2.29. The Bertz CT molecular complexity index is 1040. The fraction of sp³-hybridized carbons (Fsp3) is 0.222. The van der Waals surface area contributed by atoms with Gasteiger partial charge in [-0.25, -0.2) is 9.13 Å². The van der Waals surface area contributed by atoms with Gasteiger partial charge in [-0.3, -0.25) is 4.79 Å². The van der Waals surface area contributed by atoms with Gasteiger partial charge in [-0.15, -0.1) is 11.3 Å². The van der Waals surface area contributed by atoms with E-state index in [1.807, 2.05) is 23.9 Å². The Labute approximate surface area is 132 Å². The van der Waals surface area contributed by atoms with Crippen LogP contribution in [-0.2, 0) is 13.6 Å². The van der Waals surface area contributed by atoms with E-state index in [4.69, 9.17) is 0 Å². The summed E-state index contributed by atoms with van der Waals surface area (Å²) in [6.45, 7) is 0.824. The molecule has 0 bridgehead atoms. The van der Waals surface area contributed by atoms with Crippen molar-refractivity contribution in [3.63, 3.8) is 0 Å². The van der Waals surface area contributed by atoms with Gasteiger partial charge in [0.05, 0.1) is 7.05 Å². The van der Waals surface area contributed by atoms with Gasteiger partial charge >= 0.3 is 0 Å². The predicted molar refractivity (Wildman–Crippen MR) is 90.2 cm³/mol. The summed E-state index contributed by atoms with van der Waals surface area (Å²) >= 11 is 1.73. The summed E-state index contributed by atoms with van der Waals surface area (Å²) in [5, 5.41) is 1.74. The SMILES string of the molecule is Cn1cc[n+](Cc2ccc3c(=O)c4c(sc3c2)=CCCC=4)c1. The molecule has 110 valence electrons. The summed E-state index contributed by atoms with van der Waals surface area (Å²) in [7, 11) is 2.02. The molecule has 0 spiro atoms. The number of rotatable bonds is 2. The first-order valence-electron chi connectivity index (χ1n) is 7.48. The number of aromatic nitrogens is 2. The van der Waals surface area contributed by atoms with Gasteiger partial charge in [0, 0.05) is 19.8 Å². The third-order valence-corrected chi connectivity index (χ3v) is 5.22. The van der Waals surface area contributed by atoms with Gasteiger partial charge in [0.15, 0.2) is 5.43 Å². The maximum atomic E-state index is 12.6. The molecule has 0 fully saturated rings. The molecule has 1 aliphatic rings. The molecule has 2 aromatic heterocycles. The molecule has 4 heteroatoms. The van der Waals surface area contributed by atoms with Crippen molar-refractivity contribution in [2.75, 3.05) is 0 Å². The lowest BCUT2D eigenvalue weighted by Crippen LogP contribution is -2.38. The highest BCUT2D eigenvalue weighted by Gasteiger charge is 2.08. The Hall–Kier alpha value is -2.20. The van der Waals surface area contributed by atoms with Crippen molar-refractivity contribution in [2.24, 2.45) is 7.05 Å². The van der Waals surface area contributed by atoms with E-state index in [1.165, 1.54) is 5.56 Å². The highest BCUT2D eigenvalue weighted by atomic mass is 32.1. The van der Waals surface area contributed by atoms with Crippen LogP contribution < -0.4 is 19.7 Å². The fourth-order valence-corrected chi connectivity index (χ4v) is 4.17. The highest BCUT2D eigenvalue weighted by molar-refractivity contribution is 7.16. The third-order valence-electron chi connectivity index (χ3n) is 4.05. The maximum absolute atomic E-state index is 12.6. The van der Waals surface area contributed by atoms with E-state index in [0.29, 0.717) is 0 Å². The van der Waals surface area contributed by atoms with Crippen molar-refractivity contribution in [3.8, 4) is 0 Å². The van der Waals surface area contributed by atoms with Gasteiger partial charge < -0.3 is 0 Å². The Balaban J connectivity index is 1.86. The predicted octanol–water partition coefficient (Wildman–Crippen LogP) is 1.29. The highest BCUT2D eigenvalue weighted by Crippen LogP contribution is 2.14. The van der Waals surface area contributed by atoms with E-state index in [2.05, 4.69) is 41.4 Å². The van der Waals surface area contributed by atoms with Crippen molar-refractivity contribution in [2.45, 2.75) is 19.4 Å². The molecule has 1 aliphatic carbocycles. The lowest BCUT2D eigenvalue weighted by Gasteiger charge is -2.04. The topological polar surface area (TPSA) is 25.9 Å². The van der Waals surface area contributed by atoms with Crippen LogP contribution in [0.2, 0.25) is 0 Å². The summed E-state index contributed by atoms with van der Waals surface area (Å²) in [6.07, 6.45) is 12.4. The molecule has 0 radical (unpaired) electrons. The molecule has 2 heterocycles. The first kappa shape index (κ1) is 13.5. The van der Waals surface area contributed by atoms with Gasteiger partial charge in [-0.05, 0) is 30.5 Å². The zero-order valence-electron chi connectivity index (χ0n) is 12.5. The zero-order chi connectivity index (χ0) is 15.1. The molecule has 1 aromatic carbocycles. The smallest absolute Gasteiger partial charge is 0.243 e. The number of imidazole rings is 1. The number of aryl methyl sites for hydroxylation is 1. The second kappa shape index (κ2) is 5.21. The largest absolute Gasteiger partial charge is 0.289 e. The monoisotopic (exact) mass is 309 g/mol. The Kier molecular flexibility index (Phi) is 3.19. The summed E-state index contributed by atoms with van der Waals surface area (Å²) < 4.78 is 6.39. The minimum atomic E-state index is 0.179. The van der Waals surface area contributed by atoms with Gasteiger partial charge in [-0.2, -0.15) is 0 Å². The lowest BCUT2D eigenvalue weighted by molar-refractivity contribution is -0.687. The normalized spacial score (nSPS) is 13.5. The summed E-state index contributed by atoms with van der Waals surface area (Å²) in [5.74, 6) is 0. The van der Waals surface area contributed by atoms with Crippen molar-refractivity contribution >= 4 is 33.6 Å². The number of nitrogens with zero attached hydrogens (tertiary/aromatic N) is 2. The molecule has 0 aliphatic heterocycles. The lowest BCUT2D eigenvalue weighted by atomic mass is 10.1. The second-order valence-corrected chi connectivity index (χ2v) is 6.86. The van der Waals surface area contributed by atoms with Crippen LogP contribution in [0.1, 0.15) is 18.4 Å². The van der Waals surface area contributed by atoms with Crippen LogP contribution in [0.25, 0.3) is 22.2 Å². The Morgan fingerprint density at radius 2 is 2.14 bits per heavy atom. The molecule has 3 aromatic rings. The van der Waals surface area contributed by atoms with Crippen molar-refractivity contribution in [1.29, 1.82) is 0 Å². The van der Waals surface area contributed by atoms with Crippen LogP contribution in [0.4, 0.5) is 0 Å². The molecule has 3 nitrogen and oxygen atoms in total. The summed E-state index contributed by atoms with van der Waals surface area (Å²) in [5.41, 5.74) is 1.40. The summed E-state index contributed by atoms with van der Waals surface area (Å²) in [6, 6.07) is 6.20. The van der Waals surface area contributed by atoms with Crippen LogP contribution in [0.3, 0.4) is 0 Å². The minimum Gasteiger partial charge on any atom is -0.289 e. The molecule has 22 heavy (non-hydrogen) atoms. The van der Waals surface area contributed by atoms with Crippen molar-refractivity contribution in [3.05, 3.63) is 62.5 Å². The average molecular weight is 309 g/mol. The maximum Gasteiger partial charge on any atom is 0.243 e. The van der Waals surface area contributed by atoms with E-state index < -0.39 is 0 Å². The van der Waals surface area contributed by atoms with Gasteiger partial charge in [0.25, 0.3) is 0 Å². The quantitative estimate of drug-likeness (QED) is 0.655. The Morgan fingerprint density at radius 1 is 1.27 bits per heavy atom. The van der Waals surface area contributed by atoms with Gasteiger partial charge in [0.1, 0.15) is 18.9 Å². The molecular weight excluding hydrogens is 292 g/mol. The first-order valence-corrected chi connectivity index (χ1v) is 8.29.